The van der Waals surface area contributed by atoms with Gasteiger partial charge in [0, 0.05) is 62.8 Å². The van der Waals surface area contributed by atoms with E-state index in [1.54, 1.807) is 0 Å². The van der Waals surface area contributed by atoms with Gasteiger partial charge in [-0.05, 0) is 82.2 Å². The van der Waals surface area contributed by atoms with Crippen molar-refractivity contribution >= 4 is 90.9 Å². The summed E-state index contributed by atoms with van der Waals surface area (Å²) in [6, 6.07) is 64.4. The number of benzene rings is 8. The van der Waals surface area contributed by atoms with E-state index in [-0.39, 0.29) is 0 Å². The maximum absolute atomic E-state index is 2.39. The summed E-state index contributed by atoms with van der Waals surface area (Å²) in [4.78, 5) is 2.39. The molecule has 10 aromatic rings. The second-order valence-electron chi connectivity index (χ2n) is 12.6. The zero-order valence-electron chi connectivity index (χ0n) is 26.5. The second-order valence-corrected chi connectivity index (χ2v) is 14.7. The minimum atomic E-state index is 1.13. The molecule has 2 aromatic heterocycles. The molecule has 0 aliphatic carbocycles. The first-order valence-corrected chi connectivity index (χ1v) is 18.2. The van der Waals surface area contributed by atoms with Gasteiger partial charge in [-0.3, -0.25) is 0 Å². The number of rotatable bonds is 5. The van der Waals surface area contributed by atoms with Crippen molar-refractivity contribution in [1.82, 2.24) is 0 Å². The molecule has 0 amide bonds. The fraction of sp³-hybridized carbons (Fsp3) is 0. The highest BCUT2D eigenvalue weighted by Crippen LogP contribution is 2.43. The van der Waals surface area contributed by atoms with Crippen LogP contribution in [0.15, 0.2) is 176 Å². The molecule has 0 N–H and O–H groups in total. The van der Waals surface area contributed by atoms with Crippen LogP contribution in [-0.2, 0) is 0 Å². The van der Waals surface area contributed by atoms with Crippen LogP contribution >= 0.6 is 22.7 Å². The molecule has 0 saturated carbocycles. The van der Waals surface area contributed by atoms with Crippen molar-refractivity contribution in [2.75, 3.05) is 4.90 Å². The molecule has 0 spiro atoms. The Morgan fingerprint density at radius 1 is 0.306 bits per heavy atom. The van der Waals surface area contributed by atoms with E-state index in [1.165, 1.54) is 73.4 Å². The van der Waals surface area contributed by atoms with Gasteiger partial charge in [0.25, 0.3) is 0 Å². The van der Waals surface area contributed by atoms with Gasteiger partial charge in [-0.15, -0.1) is 22.7 Å². The molecule has 0 atom stereocenters. The van der Waals surface area contributed by atoms with Crippen LogP contribution in [0, 0.1) is 0 Å². The van der Waals surface area contributed by atoms with Crippen molar-refractivity contribution in [1.29, 1.82) is 0 Å². The highest BCUT2D eigenvalue weighted by molar-refractivity contribution is 7.26. The van der Waals surface area contributed by atoms with Crippen molar-refractivity contribution in [3.63, 3.8) is 0 Å². The summed E-state index contributed by atoms with van der Waals surface area (Å²) in [5.74, 6) is 0. The lowest BCUT2D eigenvalue weighted by Crippen LogP contribution is -2.09. The third-order valence-corrected chi connectivity index (χ3v) is 12.0. The molecular formula is C46H29NS2. The molecule has 49 heavy (non-hydrogen) atoms. The SMILES string of the molecule is c1ccc(-c2cccc(N(c3ccc(-c4ccc5ccc6c7ccccc7sc6c5c4)cc3)c3ccc4c(c3)sc3ccccc34)c2)cc1. The lowest BCUT2D eigenvalue weighted by molar-refractivity contribution is 1.29. The number of nitrogens with zero attached hydrogens (tertiary/aromatic N) is 1. The lowest BCUT2D eigenvalue weighted by atomic mass is 9.99. The molecule has 0 aliphatic heterocycles. The van der Waals surface area contributed by atoms with Gasteiger partial charge >= 0.3 is 0 Å². The highest BCUT2D eigenvalue weighted by Gasteiger charge is 2.16. The quantitative estimate of drug-likeness (QED) is 0.178. The van der Waals surface area contributed by atoms with E-state index in [1.807, 2.05) is 22.7 Å². The van der Waals surface area contributed by atoms with E-state index in [0.29, 0.717) is 0 Å². The number of hydrogen-bond donors (Lipinski definition) is 0. The Morgan fingerprint density at radius 2 is 0.878 bits per heavy atom. The van der Waals surface area contributed by atoms with Gasteiger partial charge in [0.1, 0.15) is 0 Å². The van der Waals surface area contributed by atoms with Gasteiger partial charge in [0.05, 0.1) is 0 Å². The summed E-state index contributed by atoms with van der Waals surface area (Å²) in [5.41, 5.74) is 8.26. The Bertz CT molecular complexity index is 2830. The summed E-state index contributed by atoms with van der Waals surface area (Å²) in [5, 5.41) is 7.90. The Hall–Kier alpha value is -5.74. The Balaban J connectivity index is 1.09. The Kier molecular flexibility index (Phi) is 6.61. The van der Waals surface area contributed by atoms with Gasteiger partial charge in [0.2, 0.25) is 0 Å². The average molecular weight is 660 g/mol. The summed E-state index contributed by atoms with van der Waals surface area (Å²) in [6.07, 6.45) is 0. The molecule has 3 heteroatoms. The first kappa shape index (κ1) is 28.3. The molecule has 0 aliphatic rings. The lowest BCUT2D eigenvalue weighted by Gasteiger charge is -2.26. The van der Waals surface area contributed by atoms with Crippen LogP contribution in [0.2, 0.25) is 0 Å². The number of hydrogen-bond acceptors (Lipinski definition) is 3. The van der Waals surface area contributed by atoms with Crippen LogP contribution in [-0.4, -0.2) is 0 Å². The van der Waals surface area contributed by atoms with Crippen LogP contribution in [0.3, 0.4) is 0 Å². The summed E-state index contributed by atoms with van der Waals surface area (Å²) >= 11 is 3.75. The Labute approximate surface area is 292 Å². The second kappa shape index (κ2) is 11.5. The minimum absolute atomic E-state index is 1.13. The molecule has 1 nitrogen and oxygen atoms in total. The zero-order valence-corrected chi connectivity index (χ0v) is 28.1. The molecule has 0 radical (unpaired) electrons. The van der Waals surface area contributed by atoms with Crippen molar-refractivity contribution in [2.24, 2.45) is 0 Å². The molecule has 10 rings (SSSR count). The molecular weight excluding hydrogens is 631 g/mol. The number of fused-ring (bicyclic) bond motifs is 8. The first-order chi connectivity index (χ1) is 24.3. The van der Waals surface area contributed by atoms with Gasteiger partial charge < -0.3 is 4.90 Å². The fourth-order valence-electron chi connectivity index (χ4n) is 7.24. The standard InChI is InChI=1S/C46H29NS2/c1-2-9-30(10-3-1)33-11-8-12-36(27-33)47(37-24-26-40-38-13-4-6-15-43(38)48-45(40)29-37)35-22-19-31(20-23-35)34-18-17-32-21-25-41-39-14-5-7-16-44(39)49-46(41)42(32)28-34/h1-29H. The zero-order chi connectivity index (χ0) is 32.3. The van der Waals surface area contributed by atoms with Crippen LogP contribution < -0.4 is 4.90 Å². The van der Waals surface area contributed by atoms with Crippen LogP contribution in [0.25, 0.3) is 73.4 Å². The minimum Gasteiger partial charge on any atom is -0.310 e. The first-order valence-electron chi connectivity index (χ1n) is 16.6. The normalized spacial score (nSPS) is 11.7. The van der Waals surface area contributed by atoms with Gasteiger partial charge in [0.15, 0.2) is 0 Å². The summed E-state index contributed by atoms with van der Waals surface area (Å²) in [6.45, 7) is 0. The van der Waals surface area contributed by atoms with E-state index in [4.69, 9.17) is 0 Å². The Morgan fingerprint density at radius 3 is 1.71 bits per heavy atom. The molecule has 8 aromatic carbocycles. The third-order valence-electron chi connectivity index (χ3n) is 9.65. The van der Waals surface area contributed by atoms with Crippen molar-refractivity contribution < 1.29 is 0 Å². The van der Waals surface area contributed by atoms with Gasteiger partial charge in [-0.2, -0.15) is 0 Å². The van der Waals surface area contributed by atoms with Crippen molar-refractivity contribution in [3.05, 3.63) is 176 Å². The topological polar surface area (TPSA) is 3.24 Å². The van der Waals surface area contributed by atoms with Crippen molar-refractivity contribution in [2.45, 2.75) is 0 Å². The molecule has 0 unspecified atom stereocenters. The van der Waals surface area contributed by atoms with Gasteiger partial charge in [-0.1, -0.05) is 121 Å². The fourth-order valence-corrected chi connectivity index (χ4v) is 9.61. The third kappa shape index (κ3) is 4.82. The van der Waals surface area contributed by atoms with Crippen molar-refractivity contribution in [3.8, 4) is 22.3 Å². The van der Waals surface area contributed by atoms with E-state index >= 15 is 0 Å². The monoisotopic (exact) mass is 659 g/mol. The largest absolute Gasteiger partial charge is 0.310 e. The molecule has 0 fully saturated rings. The summed E-state index contributed by atoms with van der Waals surface area (Å²) in [7, 11) is 0. The maximum Gasteiger partial charge on any atom is 0.0476 e. The molecule has 0 bridgehead atoms. The summed E-state index contributed by atoms with van der Waals surface area (Å²) < 4.78 is 5.31. The average Bonchev–Trinajstić information content (AvgIpc) is 3.74. The molecule has 230 valence electrons. The maximum atomic E-state index is 2.39. The number of thiophene rings is 2. The van der Waals surface area contributed by atoms with E-state index < -0.39 is 0 Å². The molecule has 2 heterocycles. The van der Waals surface area contributed by atoms with E-state index in [0.717, 1.165) is 17.1 Å². The smallest absolute Gasteiger partial charge is 0.0476 e. The molecule has 0 saturated heterocycles. The predicted octanol–water partition coefficient (Wildman–Crippen LogP) is 14.4. The van der Waals surface area contributed by atoms with E-state index in [9.17, 15) is 0 Å². The van der Waals surface area contributed by atoms with Crippen LogP contribution in [0.1, 0.15) is 0 Å². The van der Waals surface area contributed by atoms with Crippen LogP contribution in [0.4, 0.5) is 17.1 Å². The van der Waals surface area contributed by atoms with Crippen LogP contribution in [0.5, 0.6) is 0 Å². The highest BCUT2D eigenvalue weighted by atomic mass is 32.1. The van der Waals surface area contributed by atoms with Gasteiger partial charge in [-0.25, -0.2) is 0 Å². The van der Waals surface area contributed by atoms with E-state index in [2.05, 4.69) is 181 Å². The number of anilines is 3. The predicted molar refractivity (Wildman–Crippen MR) is 215 cm³/mol.